The van der Waals surface area contributed by atoms with Gasteiger partial charge >= 0.3 is 0 Å². The first kappa shape index (κ1) is 17.0. The molecule has 2 heterocycles. The van der Waals surface area contributed by atoms with Gasteiger partial charge in [0, 0.05) is 35.9 Å². The highest BCUT2D eigenvalue weighted by atomic mass is 35.5. The minimum atomic E-state index is -0.599. The van der Waals surface area contributed by atoms with Crippen molar-refractivity contribution in [3.05, 3.63) is 47.1 Å². The van der Waals surface area contributed by atoms with E-state index in [1.807, 2.05) is 36.4 Å². The standard InChI is InChI=1S/C18H21ClN2O3/c19-14-3-1-13(2-4-14)17-7-5-15(20-17)6-8-18(23)21-9-10-24-12-16(22)11-21/h1-5,7,16,20,22H,6,8-12H2. The van der Waals surface area contributed by atoms with E-state index < -0.39 is 6.10 Å². The Bertz CT molecular complexity index is 684. The van der Waals surface area contributed by atoms with Gasteiger partial charge in [0.25, 0.3) is 0 Å². The van der Waals surface area contributed by atoms with Crippen molar-refractivity contribution in [1.29, 1.82) is 0 Å². The number of hydrogen-bond acceptors (Lipinski definition) is 3. The number of nitrogens with zero attached hydrogens (tertiary/aromatic N) is 1. The molecule has 1 aromatic heterocycles. The Balaban J connectivity index is 1.57. The summed E-state index contributed by atoms with van der Waals surface area (Å²) < 4.78 is 5.25. The zero-order chi connectivity index (χ0) is 16.9. The lowest BCUT2D eigenvalue weighted by atomic mass is 10.2. The van der Waals surface area contributed by atoms with E-state index in [0.717, 1.165) is 17.0 Å². The summed E-state index contributed by atoms with van der Waals surface area (Å²) in [5.74, 6) is 0.0437. The molecule has 1 aliphatic rings. The van der Waals surface area contributed by atoms with Crippen molar-refractivity contribution in [2.24, 2.45) is 0 Å². The van der Waals surface area contributed by atoms with Gasteiger partial charge < -0.3 is 19.7 Å². The van der Waals surface area contributed by atoms with Crippen LogP contribution in [0.25, 0.3) is 11.3 Å². The number of aryl methyl sites for hydroxylation is 1. The number of halogens is 1. The maximum atomic E-state index is 12.3. The minimum absolute atomic E-state index is 0.0437. The Kier molecular flexibility index (Phi) is 5.56. The number of aromatic nitrogens is 1. The first-order valence-corrected chi connectivity index (χ1v) is 8.47. The third-order valence-electron chi connectivity index (χ3n) is 4.11. The molecular formula is C18H21ClN2O3. The predicted octanol–water partition coefficient (Wildman–Crippen LogP) is 2.49. The molecule has 0 radical (unpaired) electrons. The van der Waals surface area contributed by atoms with Gasteiger partial charge in [-0.05, 0) is 36.2 Å². The maximum absolute atomic E-state index is 12.3. The highest BCUT2D eigenvalue weighted by molar-refractivity contribution is 6.30. The van der Waals surface area contributed by atoms with Crippen LogP contribution >= 0.6 is 11.6 Å². The van der Waals surface area contributed by atoms with Gasteiger partial charge in [0.2, 0.25) is 5.91 Å². The Morgan fingerprint density at radius 1 is 1.29 bits per heavy atom. The van der Waals surface area contributed by atoms with Crippen LogP contribution in [0.1, 0.15) is 12.1 Å². The minimum Gasteiger partial charge on any atom is -0.389 e. The third kappa shape index (κ3) is 4.38. The molecule has 0 bridgehead atoms. The van der Waals surface area contributed by atoms with E-state index in [9.17, 15) is 9.90 Å². The summed E-state index contributed by atoms with van der Waals surface area (Å²) in [7, 11) is 0. The molecular weight excluding hydrogens is 328 g/mol. The Hall–Kier alpha value is -1.82. The molecule has 1 aliphatic heterocycles. The van der Waals surface area contributed by atoms with E-state index in [2.05, 4.69) is 4.98 Å². The van der Waals surface area contributed by atoms with Crippen molar-refractivity contribution in [1.82, 2.24) is 9.88 Å². The van der Waals surface area contributed by atoms with Crippen LogP contribution in [0.3, 0.4) is 0 Å². The van der Waals surface area contributed by atoms with Crippen molar-refractivity contribution in [2.45, 2.75) is 18.9 Å². The molecule has 1 atom stereocenters. The molecule has 3 rings (SSSR count). The molecule has 1 unspecified atom stereocenters. The van der Waals surface area contributed by atoms with Gasteiger partial charge in [0.05, 0.1) is 19.3 Å². The van der Waals surface area contributed by atoms with E-state index in [1.165, 1.54) is 0 Å². The van der Waals surface area contributed by atoms with Gasteiger partial charge in [0.1, 0.15) is 0 Å². The summed E-state index contributed by atoms with van der Waals surface area (Å²) in [6.07, 6.45) is 0.450. The number of carbonyl (C=O) groups excluding carboxylic acids is 1. The number of benzene rings is 1. The van der Waals surface area contributed by atoms with Gasteiger partial charge in [0.15, 0.2) is 0 Å². The van der Waals surface area contributed by atoms with E-state index in [4.69, 9.17) is 16.3 Å². The van der Waals surface area contributed by atoms with Gasteiger partial charge in [-0.1, -0.05) is 23.7 Å². The topological polar surface area (TPSA) is 65.6 Å². The third-order valence-corrected chi connectivity index (χ3v) is 4.36. The van der Waals surface area contributed by atoms with E-state index >= 15 is 0 Å². The number of ether oxygens (including phenoxy) is 1. The van der Waals surface area contributed by atoms with E-state index in [0.29, 0.717) is 44.2 Å². The lowest BCUT2D eigenvalue weighted by Crippen LogP contribution is -2.37. The first-order valence-electron chi connectivity index (χ1n) is 8.09. The lowest BCUT2D eigenvalue weighted by Gasteiger charge is -2.21. The van der Waals surface area contributed by atoms with Crippen molar-refractivity contribution >= 4 is 17.5 Å². The fourth-order valence-corrected chi connectivity index (χ4v) is 2.93. The average molecular weight is 349 g/mol. The van der Waals surface area contributed by atoms with Crippen LogP contribution in [0.15, 0.2) is 36.4 Å². The Labute approximate surface area is 146 Å². The SMILES string of the molecule is O=C(CCc1ccc(-c2ccc(Cl)cc2)[nH]1)N1CCOCC(O)C1. The molecule has 0 aliphatic carbocycles. The molecule has 2 aromatic rings. The van der Waals surface area contributed by atoms with Crippen molar-refractivity contribution in [3.63, 3.8) is 0 Å². The fourth-order valence-electron chi connectivity index (χ4n) is 2.80. The molecule has 1 fully saturated rings. The van der Waals surface area contributed by atoms with E-state index in [-0.39, 0.29) is 5.91 Å². The predicted molar refractivity (Wildman–Crippen MR) is 93.0 cm³/mol. The smallest absolute Gasteiger partial charge is 0.223 e. The van der Waals surface area contributed by atoms with Crippen LogP contribution in [0.4, 0.5) is 0 Å². The molecule has 1 amide bonds. The van der Waals surface area contributed by atoms with Crippen molar-refractivity contribution in [3.8, 4) is 11.3 Å². The number of H-pyrrole nitrogens is 1. The quantitative estimate of drug-likeness (QED) is 0.892. The largest absolute Gasteiger partial charge is 0.389 e. The lowest BCUT2D eigenvalue weighted by molar-refractivity contribution is -0.132. The molecule has 2 N–H and O–H groups in total. The number of β-amino-alcohol motifs (C(OH)–C–C–N with tert-alkyl or cyclic N) is 1. The Morgan fingerprint density at radius 3 is 2.88 bits per heavy atom. The summed E-state index contributed by atoms with van der Waals surface area (Å²) in [4.78, 5) is 17.3. The van der Waals surface area contributed by atoms with Crippen LogP contribution in [-0.2, 0) is 16.0 Å². The number of hydrogen-bond donors (Lipinski definition) is 2. The van der Waals surface area contributed by atoms with Crippen molar-refractivity contribution in [2.75, 3.05) is 26.3 Å². The summed E-state index contributed by atoms with van der Waals surface area (Å²) >= 11 is 5.91. The summed E-state index contributed by atoms with van der Waals surface area (Å²) in [5, 5.41) is 10.4. The second-order valence-electron chi connectivity index (χ2n) is 5.97. The summed E-state index contributed by atoms with van der Waals surface area (Å²) in [6.45, 7) is 1.66. The molecule has 0 spiro atoms. The monoisotopic (exact) mass is 348 g/mol. The van der Waals surface area contributed by atoms with Gasteiger partial charge in [-0.25, -0.2) is 0 Å². The molecule has 24 heavy (non-hydrogen) atoms. The van der Waals surface area contributed by atoms with Crippen LogP contribution in [0, 0.1) is 0 Å². The van der Waals surface area contributed by atoms with Gasteiger partial charge in [-0.3, -0.25) is 4.79 Å². The van der Waals surface area contributed by atoms with Gasteiger partial charge in [-0.15, -0.1) is 0 Å². The summed E-state index contributed by atoms with van der Waals surface area (Å²) in [6, 6.07) is 11.6. The maximum Gasteiger partial charge on any atom is 0.223 e. The van der Waals surface area contributed by atoms with Crippen LogP contribution < -0.4 is 0 Å². The zero-order valence-electron chi connectivity index (χ0n) is 13.4. The molecule has 1 saturated heterocycles. The molecule has 5 nitrogen and oxygen atoms in total. The fraction of sp³-hybridized carbons (Fsp3) is 0.389. The molecule has 1 aromatic carbocycles. The second-order valence-corrected chi connectivity index (χ2v) is 6.41. The molecule has 128 valence electrons. The first-order chi connectivity index (χ1) is 11.6. The number of aliphatic hydroxyl groups excluding tert-OH is 1. The number of aliphatic hydroxyl groups is 1. The second kappa shape index (κ2) is 7.83. The average Bonchev–Trinajstić information content (AvgIpc) is 2.94. The zero-order valence-corrected chi connectivity index (χ0v) is 14.1. The molecule has 0 saturated carbocycles. The van der Waals surface area contributed by atoms with Gasteiger partial charge in [-0.2, -0.15) is 0 Å². The Morgan fingerprint density at radius 2 is 2.08 bits per heavy atom. The number of aromatic amines is 1. The number of rotatable bonds is 4. The number of carbonyl (C=O) groups is 1. The highest BCUT2D eigenvalue weighted by Gasteiger charge is 2.20. The highest BCUT2D eigenvalue weighted by Crippen LogP contribution is 2.21. The summed E-state index contributed by atoms with van der Waals surface area (Å²) in [5.41, 5.74) is 3.08. The van der Waals surface area contributed by atoms with Crippen LogP contribution in [0.5, 0.6) is 0 Å². The van der Waals surface area contributed by atoms with Crippen LogP contribution in [-0.4, -0.2) is 53.3 Å². The van der Waals surface area contributed by atoms with E-state index in [1.54, 1.807) is 4.90 Å². The van der Waals surface area contributed by atoms with Crippen LogP contribution in [0.2, 0.25) is 5.02 Å². The number of amides is 1. The van der Waals surface area contributed by atoms with Crippen molar-refractivity contribution < 1.29 is 14.6 Å². The normalized spacial score (nSPS) is 18.4. The number of nitrogens with one attached hydrogen (secondary N) is 1. The molecule has 6 heteroatoms.